The van der Waals surface area contributed by atoms with Crippen LogP contribution in [-0.2, 0) is 11.3 Å². The summed E-state index contributed by atoms with van der Waals surface area (Å²) in [6, 6.07) is 0.893. The summed E-state index contributed by atoms with van der Waals surface area (Å²) in [6.07, 6.45) is 4.12. The van der Waals surface area contributed by atoms with E-state index in [0.29, 0.717) is 19.5 Å². The minimum Gasteiger partial charge on any atom is -0.480 e. The average Bonchev–Trinajstić information content (AvgIpc) is 2.85. The molecule has 9 heteroatoms. The zero-order valence-corrected chi connectivity index (χ0v) is 11.7. The molecule has 0 bridgehead atoms. The van der Waals surface area contributed by atoms with Gasteiger partial charge in [-0.3, -0.25) is 9.69 Å². The number of rotatable bonds is 5. The predicted molar refractivity (Wildman–Crippen MR) is 73.0 cm³/mol. The molecule has 1 aliphatic heterocycles. The molecule has 1 unspecified atom stereocenters. The summed E-state index contributed by atoms with van der Waals surface area (Å²) in [5.74, 6) is -0.987. The lowest BCUT2D eigenvalue weighted by molar-refractivity contribution is -0.389. The van der Waals surface area contributed by atoms with Crippen molar-refractivity contribution in [3.63, 3.8) is 0 Å². The predicted octanol–water partition coefficient (Wildman–Crippen LogP) is 1.15. The van der Waals surface area contributed by atoms with Gasteiger partial charge in [0.25, 0.3) is 0 Å². The van der Waals surface area contributed by atoms with Crippen LogP contribution in [0.3, 0.4) is 0 Å². The molecule has 2 heterocycles. The molecule has 1 aliphatic rings. The number of halogens is 1. The summed E-state index contributed by atoms with van der Waals surface area (Å²) >= 11 is 0. The van der Waals surface area contributed by atoms with E-state index in [0.717, 1.165) is 19.4 Å². The molecule has 1 N–H and O–H groups in total. The van der Waals surface area contributed by atoms with Crippen LogP contribution in [0.4, 0.5) is 5.82 Å². The Morgan fingerprint density at radius 3 is 2.85 bits per heavy atom. The van der Waals surface area contributed by atoms with E-state index in [1.54, 1.807) is 0 Å². The van der Waals surface area contributed by atoms with Crippen molar-refractivity contribution < 1.29 is 14.8 Å². The van der Waals surface area contributed by atoms with Crippen molar-refractivity contribution in [1.82, 2.24) is 14.7 Å². The van der Waals surface area contributed by atoms with E-state index in [1.165, 1.54) is 16.9 Å². The van der Waals surface area contributed by atoms with E-state index in [9.17, 15) is 14.9 Å². The van der Waals surface area contributed by atoms with E-state index < -0.39 is 16.9 Å². The Balaban J connectivity index is 0.00000200. The molecule has 1 atom stereocenters. The highest BCUT2D eigenvalue weighted by Crippen LogP contribution is 2.17. The number of carboxylic acid groups (broad SMARTS) is 1. The van der Waals surface area contributed by atoms with Gasteiger partial charge in [-0.25, -0.2) is 0 Å². The van der Waals surface area contributed by atoms with Gasteiger partial charge in [0.15, 0.2) is 0 Å². The third kappa shape index (κ3) is 3.91. The lowest BCUT2D eigenvalue weighted by atomic mass is 10.0. The van der Waals surface area contributed by atoms with Gasteiger partial charge in [0.05, 0.1) is 23.9 Å². The van der Waals surface area contributed by atoms with Gasteiger partial charge in [-0.15, -0.1) is 12.4 Å². The third-order valence-electron chi connectivity index (χ3n) is 3.33. The molecule has 1 fully saturated rings. The number of piperidine rings is 1. The summed E-state index contributed by atoms with van der Waals surface area (Å²) in [6.45, 7) is 1.74. The van der Waals surface area contributed by atoms with Crippen LogP contribution in [0.15, 0.2) is 12.3 Å². The number of likely N-dealkylation sites (tertiary alicyclic amines) is 1. The Bertz CT molecular complexity index is 479. The first kappa shape index (κ1) is 16.4. The van der Waals surface area contributed by atoms with Gasteiger partial charge in [-0.1, -0.05) is 6.42 Å². The Hall–Kier alpha value is -1.67. The second-order valence-electron chi connectivity index (χ2n) is 4.58. The Kier molecular flexibility index (Phi) is 5.90. The molecule has 0 aromatic carbocycles. The van der Waals surface area contributed by atoms with Crippen molar-refractivity contribution in [2.24, 2.45) is 0 Å². The van der Waals surface area contributed by atoms with Gasteiger partial charge in [0, 0.05) is 6.54 Å². The van der Waals surface area contributed by atoms with Crippen LogP contribution in [-0.4, -0.2) is 49.8 Å². The first-order valence-electron chi connectivity index (χ1n) is 6.22. The van der Waals surface area contributed by atoms with E-state index >= 15 is 0 Å². The molecule has 0 aliphatic carbocycles. The number of aromatic nitrogens is 2. The lowest BCUT2D eigenvalue weighted by Crippen LogP contribution is -2.45. The van der Waals surface area contributed by atoms with E-state index in [-0.39, 0.29) is 18.2 Å². The van der Waals surface area contributed by atoms with Crippen molar-refractivity contribution >= 4 is 24.2 Å². The van der Waals surface area contributed by atoms with Crippen LogP contribution in [0.2, 0.25) is 0 Å². The van der Waals surface area contributed by atoms with Crippen molar-refractivity contribution in [2.75, 3.05) is 13.1 Å². The second kappa shape index (κ2) is 7.20. The largest absolute Gasteiger partial charge is 0.480 e. The maximum Gasteiger partial charge on any atom is 0.389 e. The molecule has 2 rings (SSSR count). The molecule has 1 aromatic rings. The monoisotopic (exact) mass is 304 g/mol. The van der Waals surface area contributed by atoms with Crippen LogP contribution in [0, 0.1) is 10.1 Å². The molecule has 0 spiro atoms. The maximum absolute atomic E-state index is 11.1. The Labute approximate surface area is 121 Å². The van der Waals surface area contributed by atoms with Crippen molar-refractivity contribution in [2.45, 2.75) is 31.8 Å². The molecule has 8 nitrogen and oxygen atoms in total. The molecule has 1 aromatic heterocycles. The molecule has 0 radical (unpaired) electrons. The van der Waals surface area contributed by atoms with Gasteiger partial charge in [-0.2, -0.15) is 4.68 Å². The number of aliphatic carboxylic acids is 1. The number of carbonyl (C=O) groups is 1. The smallest absolute Gasteiger partial charge is 0.389 e. The standard InChI is InChI=1S/C11H16N4O4.ClH/c16-11(17)9-3-1-2-5-13(9)7-8-14-6-4-10(12-14)15(18)19;/h4,6,9H,1-3,5,7-8H2,(H,16,17);1H. The highest BCUT2D eigenvalue weighted by molar-refractivity contribution is 5.85. The van der Waals surface area contributed by atoms with Crippen molar-refractivity contribution in [1.29, 1.82) is 0 Å². The molecular weight excluding hydrogens is 288 g/mol. The lowest BCUT2D eigenvalue weighted by Gasteiger charge is -2.32. The SMILES string of the molecule is Cl.O=C(O)C1CCCCN1CCn1ccc([N+](=O)[O-])n1. The highest BCUT2D eigenvalue weighted by Gasteiger charge is 2.28. The average molecular weight is 305 g/mol. The van der Waals surface area contributed by atoms with Crippen LogP contribution >= 0.6 is 12.4 Å². The van der Waals surface area contributed by atoms with Crippen LogP contribution in [0.1, 0.15) is 19.3 Å². The van der Waals surface area contributed by atoms with Gasteiger partial charge in [-0.05, 0) is 24.3 Å². The summed E-state index contributed by atoms with van der Waals surface area (Å²) < 4.78 is 1.48. The highest BCUT2D eigenvalue weighted by atomic mass is 35.5. The summed E-state index contributed by atoms with van der Waals surface area (Å²) in [5.41, 5.74) is 0. The van der Waals surface area contributed by atoms with Gasteiger partial charge >= 0.3 is 11.8 Å². The van der Waals surface area contributed by atoms with E-state index in [1.807, 2.05) is 4.90 Å². The Morgan fingerprint density at radius 1 is 1.50 bits per heavy atom. The summed E-state index contributed by atoms with van der Waals surface area (Å²) in [4.78, 5) is 23.0. The minimum absolute atomic E-state index is 0. The first-order valence-corrected chi connectivity index (χ1v) is 6.22. The van der Waals surface area contributed by atoms with Crippen molar-refractivity contribution in [3.05, 3.63) is 22.4 Å². The number of carboxylic acids is 1. The van der Waals surface area contributed by atoms with E-state index in [2.05, 4.69) is 5.10 Å². The summed E-state index contributed by atoms with van der Waals surface area (Å²) in [7, 11) is 0. The summed E-state index contributed by atoms with van der Waals surface area (Å²) in [5, 5.41) is 23.4. The van der Waals surface area contributed by atoms with Crippen molar-refractivity contribution in [3.8, 4) is 0 Å². The normalized spacial score (nSPS) is 19.3. The molecule has 0 amide bonds. The van der Waals surface area contributed by atoms with Gasteiger partial charge in [0.2, 0.25) is 0 Å². The van der Waals surface area contributed by atoms with E-state index in [4.69, 9.17) is 5.11 Å². The fourth-order valence-corrected chi connectivity index (χ4v) is 2.34. The van der Waals surface area contributed by atoms with Crippen LogP contribution in [0.25, 0.3) is 0 Å². The quantitative estimate of drug-likeness (QED) is 0.647. The zero-order valence-electron chi connectivity index (χ0n) is 10.8. The first-order chi connectivity index (χ1) is 9.08. The van der Waals surface area contributed by atoms with Gasteiger partial charge < -0.3 is 15.2 Å². The van der Waals surface area contributed by atoms with Crippen LogP contribution in [0.5, 0.6) is 0 Å². The molecule has 20 heavy (non-hydrogen) atoms. The maximum atomic E-state index is 11.1. The zero-order chi connectivity index (χ0) is 13.8. The van der Waals surface area contributed by atoms with Gasteiger partial charge in [0.1, 0.15) is 6.04 Å². The third-order valence-corrected chi connectivity index (χ3v) is 3.33. The fourth-order valence-electron chi connectivity index (χ4n) is 2.34. The fraction of sp³-hybridized carbons (Fsp3) is 0.636. The number of nitrogens with zero attached hydrogens (tertiary/aromatic N) is 4. The number of hydrogen-bond donors (Lipinski definition) is 1. The molecular formula is C11H17ClN4O4. The number of hydrogen-bond acceptors (Lipinski definition) is 5. The topological polar surface area (TPSA) is 102 Å². The molecule has 112 valence electrons. The minimum atomic E-state index is -0.800. The molecule has 1 saturated heterocycles. The number of nitro groups is 1. The molecule has 0 saturated carbocycles. The Morgan fingerprint density at radius 2 is 2.25 bits per heavy atom. The second-order valence-corrected chi connectivity index (χ2v) is 4.58. The van der Waals surface area contributed by atoms with Crippen LogP contribution < -0.4 is 0 Å².